The van der Waals surface area contributed by atoms with E-state index in [4.69, 9.17) is 9.57 Å². The van der Waals surface area contributed by atoms with Gasteiger partial charge in [-0.15, -0.1) is 11.7 Å². The Kier molecular flexibility index (Phi) is 5.79. The van der Waals surface area contributed by atoms with Crippen molar-refractivity contribution in [1.29, 1.82) is 0 Å². The van der Waals surface area contributed by atoms with Crippen LogP contribution in [-0.2, 0) is 22.7 Å². The van der Waals surface area contributed by atoms with Crippen LogP contribution in [0.5, 0.6) is 0 Å². The fraction of sp³-hybridized carbons (Fsp3) is 0.227. The summed E-state index contributed by atoms with van der Waals surface area (Å²) in [7, 11) is 0. The summed E-state index contributed by atoms with van der Waals surface area (Å²) in [5.74, 6) is 0. The maximum Gasteiger partial charge on any atom is 0.162 e. The Balaban J connectivity index is 1.40. The Hall–Kier alpha value is -3.29. The maximum atomic E-state index is 9.94. The van der Waals surface area contributed by atoms with Gasteiger partial charge in [0.05, 0.1) is 32.1 Å². The van der Waals surface area contributed by atoms with E-state index in [0.717, 1.165) is 28.0 Å². The second-order valence-corrected chi connectivity index (χ2v) is 6.72. The van der Waals surface area contributed by atoms with Crippen LogP contribution in [0.15, 0.2) is 72.5 Å². The smallest absolute Gasteiger partial charge is 0.162 e. The zero-order valence-electron chi connectivity index (χ0n) is 15.9. The molecular formula is C22H22N4O3. The summed E-state index contributed by atoms with van der Waals surface area (Å²) in [5.41, 5.74) is 5.87. The fourth-order valence-electron chi connectivity index (χ4n) is 3.31. The third-order valence-electron chi connectivity index (χ3n) is 4.55. The second kappa shape index (κ2) is 8.81. The molecule has 7 heteroatoms. The lowest BCUT2D eigenvalue weighted by atomic mass is 10.1. The summed E-state index contributed by atoms with van der Waals surface area (Å²) < 4.78 is 6.79. The summed E-state index contributed by atoms with van der Waals surface area (Å²) in [6, 6.07) is 16.3. The highest BCUT2D eigenvalue weighted by atomic mass is 16.6. The molecule has 7 nitrogen and oxygen atoms in total. The molecule has 0 fully saturated rings. The van der Waals surface area contributed by atoms with Gasteiger partial charge in [-0.25, -0.2) is 4.68 Å². The number of fused-ring (bicyclic) bond motifs is 3. The van der Waals surface area contributed by atoms with Crippen molar-refractivity contribution in [2.24, 2.45) is 5.16 Å². The normalized spacial score (nSPS) is 12.9. The topological polar surface area (TPSA) is 81.8 Å². The third-order valence-corrected chi connectivity index (χ3v) is 4.55. The van der Waals surface area contributed by atoms with Crippen molar-refractivity contribution in [2.45, 2.75) is 19.3 Å². The van der Waals surface area contributed by atoms with Crippen molar-refractivity contribution in [2.75, 3.05) is 13.2 Å². The van der Waals surface area contributed by atoms with Crippen molar-refractivity contribution >= 4 is 5.71 Å². The van der Waals surface area contributed by atoms with E-state index in [2.05, 4.69) is 34.2 Å². The number of hydrogen-bond acceptors (Lipinski definition) is 6. The number of aliphatic hydroxyl groups excluding tert-OH is 1. The minimum atomic E-state index is -0.669. The Bertz CT molecular complexity index is 981. The molecule has 0 bridgehead atoms. The molecule has 3 aromatic rings. The van der Waals surface area contributed by atoms with Gasteiger partial charge in [-0.3, -0.25) is 0 Å². The Morgan fingerprint density at radius 3 is 2.38 bits per heavy atom. The molecule has 1 atom stereocenters. The van der Waals surface area contributed by atoms with Crippen LogP contribution in [0.1, 0.15) is 16.8 Å². The minimum Gasteiger partial charge on any atom is -0.389 e. The molecule has 1 N–H and O–H groups in total. The first-order chi connectivity index (χ1) is 14.3. The fourth-order valence-corrected chi connectivity index (χ4v) is 3.31. The van der Waals surface area contributed by atoms with Crippen molar-refractivity contribution in [1.82, 2.24) is 15.0 Å². The van der Waals surface area contributed by atoms with Crippen LogP contribution >= 0.6 is 0 Å². The average molecular weight is 390 g/mol. The van der Waals surface area contributed by atoms with E-state index in [0.29, 0.717) is 18.8 Å². The molecule has 0 saturated carbocycles. The van der Waals surface area contributed by atoms with E-state index in [1.807, 2.05) is 36.4 Å². The van der Waals surface area contributed by atoms with E-state index < -0.39 is 6.10 Å². The molecule has 0 radical (unpaired) electrons. The van der Waals surface area contributed by atoms with Gasteiger partial charge in [0.15, 0.2) is 6.61 Å². The Labute approximate surface area is 168 Å². The van der Waals surface area contributed by atoms with Gasteiger partial charge in [-0.2, -0.15) is 0 Å². The molecule has 0 aliphatic heterocycles. The van der Waals surface area contributed by atoms with E-state index in [1.54, 1.807) is 17.0 Å². The molecule has 2 aromatic carbocycles. The summed E-state index contributed by atoms with van der Waals surface area (Å²) >= 11 is 0. The lowest BCUT2D eigenvalue weighted by Gasteiger charge is -2.09. The zero-order chi connectivity index (χ0) is 20.1. The van der Waals surface area contributed by atoms with Crippen molar-refractivity contribution in [3.8, 4) is 11.1 Å². The van der Waals surface area contributed by atoms with Crippen LogP contribution in [0.25, 0.3) is 11.1 Å². The standard InChI is InChI=1S/C22H22N4O3/c1-2-11-28-15-17(27)13-26-12-16(23-25-26)14-29-24-22-20-9-5-3-7-18(20)19-8-4-6-10-21(19)22/h2-10,12,17,27H,1,11,13-15H2. The monoisotopic (exact) mass is 390 g/mol. The first kappa shape index (κ1) is 19.0. The lowest BCUT2D eigenvalue weighted by Crippen LogP contribution is -2.22. The van der Waals surface area contributed by atoms with E-state index in [1.165, 1.54) is 0 Å². The average Bonchev–Trinajstić information content (AvgIpc) is 3.31. The number of aliphatic hydroxyl groups is 1. The van der Waals surface area contributed by atoms with Crippen LogP contribution in [-0.4, -0.2) is 45.1 Å². The Morgan fingerprint density at radius 2 is 1.72 bits per heavy atom. The number of aromatic nitrogens is 3. The van der Waals surface area contributed by atoms with Crippen molar-refractivity contribution in [3.63, 3.8) is 0 Å². The molecule has 29 heavy (non-hydrogen) atoms. The number of oxime groups is 1. The summed E-state index contributed by atoms with van der Waals surface area (Å²) in [5, 5.41) is 22.4. The van der Waals surface area contributed by atoms with E-state index in [-0.39, 0.29) is 13.2 Å². The van der Waals surface area contributed by atoms with E-state index in [9.17, 15) is 5.11 Å². The second-order valence-electron chi connectivity index (χ2n) is 6.72. The predicted molar refractivity (Wildman–Crippen MR) is 109 cm³/mol. The number of ether oxygens (including phenoxy) is 1. The highest BCUT2D eigenvalue weighted by Gasteiger charge is 2.24. The molecule has 1 aromatic heterocycles. The third kappa shape index (κ3) is 4.26. The molecule has 1 heterocycles. The van der Waals surface area contributed by atoms with Gasteiger partial charge in [0.2, 0.25) is 0 Å². The van der Waals surface area contributed by atoms with Crippen molar-refractivity contribution < 1.29 is 14.7 Å². The highest BCUT2D eigenvalue weighted by molar-refractivity contribution is 6.24. The Morgan fingerprint density at radius 1 is 1.07 bits per heavy atom. The van der Waals surface area contributed by atoms with Gasteiger partial charge < -0.3 is 14.7 Å². The molecule has 0 amide bonds. The summed E-state index contributed by atoms with van der Waals surface area (Å²) in [4.78, 5) is 5.59. The largest absolute Gasteiger partial charge is 0.389 e. The quantitative estimate of drug-likeness (QED) is 0.270. The number of nitrogens with zero attached hydrogens (tertiary/aromatic N) is 4. The predicted octanol–water partition coefficient (Wildman–Crippen LogP) is 2.79. The summed E-state index contributed by atoms with van der Waals surface area (Å²) in [6.07, 6.45) is 2.70. The minimum absolute atomic E-state index is 0.191. The molecule has 1 aliphatic carbocycles. The van der Waals surface area contributed by atoms with Gasteiger partial charge in [-0.1, -0.05) is 65.0 Å². The highest BCUT2D eigenvalue weighted by Crippen LogP contribution is 2.36. The van der Waals surface area contributed by atoms with Gasteiger partial charge in [0.1, 0.15) is 11.4 Å². The number of hydrogen-bond donors (Lipinski definition) is 1. The molecule has 4 rings (SSSR count). The first-order valence-electron chi connectivity index (χ1n) is 9.41. The van der Waals surface area contributed by atoms with Gasteiger partial charge in [0, 0.05) is 11.1 Å². The van der Waals surface area contributed by atoms with Crippen LogP contribution in [0, 0.1) is 0 Å². The van der Waals surface area contributed by atoms with Crippen LogP contribution < -0.4 is 0 Å². The van der Waals surface area contributed by atoms with Gasteiger partial charge >= 0.3 is 0 Å². The number of rotatable bonds is 9. The van der Waals surface area contributed by atoms with Gasteiger partial charge in [0.25, 0.3) is 0 Å². The maximum absolute atomic E-state index is 9.94. The molecule has 1 aliphatic rings. The van der Waals surface area contributed by atoms with E-state index >= 15 is 0 Å². The van der Waals surface area contributed by atoms with Gasteiger partial charge in [-0.05, 0) is 11.1 Å². The zero-order valence-corrected chi connectivity index (χ0v) is 15.9. The molecule has 148 valence electrons. The molecule has 0 spiro atoms. The number of benzene rings is 2. The lowest BCUT2D eigenvalue weighted by molar-refractivity contribution is 0.0373. The summed E-state index contributed by atoms with van der Waals surface area (Å²) in [6.45, 7) is 4.67. The molecule has 1 unspecified atom stereocenters. The van der Waals surface area contributed by atoms with Crippen molar-refractivity contribution in [3.05, 3.63) is 84.2 Å². The van der Waals surface area contributed by atoms with Crippen LogP contribution in [0.4, 0.5) is 0 Å². The first-order valence-corrected chi connectivity index (χ1v) is 9.41. The molecular weight excluding hydrogens is 368 g/mol. The molecule has 0 saturated heterocycles. The van der Waals surface area contributed by atoms with Crippen LogP contribution in [0.3, 0.4) is 0 Å². The SMILES string of the molecule is C=CCOCC(O)Cn1cc(CON=C2c3ccccc3-c3ccccc32)nn1. The van der Waals surface area contributed by atoms with Crippen LogP contribution in [0.2, 0.25) is 0 Å².